The van der Waals surface area contributed by atoms with E-state index in [0.29, 0.717) is 10.3 Å². The molecular weight excluding hydrogens is 326 g/mol. The maximum absolute atomic E-state index is 13.3. The molecule has 0 spiro atoms. The molecule has 2 rings (SSSR count). The predicted octanol–water partition coefficient (Wildman–Crippen LogP) is 3.11. The molecule has 1 aromatic heterocycles. The minimum atomic E-state index is -0.582. The summed E-state index contributed by atoms with van der Waals surface area (Å²) < 4.78 is 19.2. The smallest absolute Gasteiger partial charge is 0.224 e. The number of halogens is 3. The normalized spacial score (nSPS) is 10.2. The second-order valence-electron chi connectivity index (χ2n) is 3.18. The van der Waals surface area contributed by atoms with Crippen LogP contribution in [0.4, 0.5) is 10.2 Å². The van der Waals surface area contributed by atoms with E-state index in [-0.39, 0.29) is 16.7 Å². The number of hydrazine groups is 1. The van der Waals surface area contributed by atoms with Gasteiger partial charge in [-0.25, -0.2) is 20.2 Å². The average Bonchev–Trinajstić information content (AvgIpc) is 2.36. The van der Waals surface area contributed by atoms with Crippen molar-refractivity contribution in [2.75, 3.05) is 5.43 Å². The summed E-state index contributed by atoms with van der Waals surface area (Å²) in [6.45, 7) is 0. The molecule has 0 aliphatic carbocycles. The van der Waals surface area contributed by atoms with Crippen molar-refractivity contribution < 1.29 is 9.13 Å². The number of nitrogen functional groups attached to an aromatic ring is 1. The van der Waals surface area contributed by atoms with E-state index in [1.165, 1.54) is 18.5 Å². The molecule has 2 aromatic rings. The van der Waals surface area contributed by atoms with E-state index >= 15 is 0 Å². The number of hydrogen-bond acceptors (Lipinski definition) is 5. The standard InChI is InChI=1S/C10H7BrClFN4O/c11-5-1-6(12)7(13)2-8(5)18-10-3-9(17-14)15-4-16-10/h1-4H,14H2,(H,15,16,17). The largest absolute Gasteiger partial charge is 0.438 e. The second kappa shape index (κ2) is 5.47. The SMILES string of the molecule is NNc1cc(Oc2cc(F)c(Cl)cc2Br)ncn1. The highest BCUT2D eigenvalue weighted by Crippen LogP contribution is 2.33. The van der Waals surface area contributed by atoms with Crippen molar-refractivity contribution in [3.05, 3.63) is 39.8 Å². The van der Waals surface area contributed by atoms with Crippen LogP contribution in [0.2, 0.25) is 5.02 Å². The molecule has 0 aliphatic heterocycles. The average molecular weight is 334 g/mol. The van der Waals surface area contributed by atoms with E-state index in [9.17, 15) is 4.39 Å². The van der Waals surface area contributed by atoms with Crippen LogP contribution in [0, 0.1) is 5.82 Å². The summed E-state index contributed by atoms with van der Waals surface area (Å²) >= 11 is 8.84. The van der Waals surface area contributed by atoms with Crippen LogP contribution >= 0.6 is 27.5 Å². The van der Waals surface area contributed by atoms with E-state index in [1.54, 1.807) is 0 Å². The van der Waals surface area contributed by atoms with Crippen LogP contribution in [0.15, 0.2) is 29.0 Å². The molecule has 0 fully saturated rings. The van der Waals surface area contributed by atoms with Gasteiger partial charge in [-0.2, -0.15) is 0 Å². The highest BCUT2D eigenvalue weighted by atomic mass is 79.9. The number of nitrogens with one attached hydrogen (secondary N) is 1. The number of benzene rings is 1. The first-order valence-electron chi connectivity index (χ1n) is 4.71. The Hall–Kier alpha value is -1.44. The fraction of sp³-hybridized carbons (Fsp3) is 0. The molecule has 1 heterocycles. The van der Waals surface area contributed by atoms with E-state index in [1.807, 2.05) is 0 Å². The lowest BCUT2D eigenvalue weighted by Crippen LogP contribution is -2.08. The molecule has 18 heavy (non-hydrogen) atoms. The first kappa shape index (κ1) is 13.0. The first-order valence-corrected chi connectivity index (χ1v) is 5.88. The summed E-state index contributed by atoms with van der Waals surface area (Å²) in [4.78, 5) is 7.69. The number of ether oxygens (including phenoxy) is 1. The monoisotopic (exact) mass is 332 g/mol. The minimum Gasteiger partial charge on any atom is -0.438 e. The summed E-state index contributed by atoms with van der Waals surface area (Å²) in [6.07, 6.45) is 1.27. The molecule has 3 N–H and O–H groups in total. The third-order valence-electron chi connectivity index (χ3n) is 1.98. The zero-order valence-corrected chi connectivity index (χ0v) is 11.2. The molecule has 0 radical (unpaired) electrons. The summed E-state index contributed by atoms with van der Waals surface area (Å²) in [5, 5.41) is 0.00114. The van der Waals surface area contributed by atoms with Gasteiger partial charge in [0.15, 0.2) is 0 Å². The summed E-state index contributed by atoms with van der Waals surface area (Å²) in [5.41, 5.74) is 2.35. The Bertz CT molecular complexity index is 584. The predicted molar refractivity (Wildman–Crippen MR) is 69.0 cm³/mol. The van der Waals surface area contributed by atoms with Crippen LogP contribution in [-0.2, 0) is 0 Å². The zero-order valence-electron chi connectivity index (χ0n) is 8.82. The van der Waals surface area contributed by atoms with Gasteiger partial charge in [0.2, 0.25) is 5.88 Å². The molecule has 0 amide bonds. The van der Waals surface area contributed by atoms with Gasteiger partial charge >= 0.3 is 0 Å². The third-order valence-corrected chi connectivity index (χ3v) is 2.89. The second-order valence-corrected chi connectivity index (χ2v) is 4.45. The Kier molecular flexibility index (Phi) is 3.95. The number of rotatable bonds is 3. The summed E-state index contributed by atoms with van der Waals surface area (Å²) in [6, 6.07) is 4.03. The molecule has 0 aliphatic rings. The van der Waals surface area contributed by atoms with Crippen LogP contribution in [0.5, 0.6) is 11.6 Å². The molecule has 0 bridgehead atoms. The quantitative estimate of drug-likeness (QED) is 0.513. The van der Waals surface area contributed by atoms with Crippen LogP contribution in [0.25, 0.3) is 0 Å². The van der Waals surface area contributed by atoms with Gasteiger partial charge in [-0.1, -0.05) is 11.6 Å². The lowest BCUT2D eigenvalue weighted by molar-refractivity contribution is 0.454. The van der Waals surface area contributed by atoms with E-state index in [4.69, 9.17) is 22.2 Å². The van der Waals surface area contributed by atoms with Gasteiger partial charge in [-0.15, -0.1) is 0 Å². The van der Waals surface area contributed by atoms with Crippen molar-refractivity contribution >= 4 is 33.3 Å². The molecule has 5 nitrogen and oxygen atoms in total. The first-order chi connectivity index (χ1) is 8.60. The Morgan fingerprint density at radius 3 is 2.83 bits per heavy atom. The van der Waals surface area contributed by atoms with Crippen LogP contribution in [0.1, 0.15) is 0 Å². The van der Waals surface area contributed by atoms with Crippen molar-refractivity contribution in [1.82, 2.24) is 9.97 Å². The highest BCUT2D eigenvalue weighted by molar-refractivity contribution is 9.10. The van der Waals surface area contributed by atoms with Gasteiger partial charge < -0.3 is 10.2 Å². The van der Waals surface area contributed by atoms with Crippen LogP contribution < -0.4 is 16.0 Å². The molecule has 8 heteroatoms. The molecule has 0 saturated carbocycles. The summed E-state index contributed by atoms with van der Waals surface area (Å²) in [7, 11) is 0. The minimum absolute atomic E-state index is 0.00114. The van der Waals surface area contributed by atoms with Gasteiger partial charge in [0.05, 0.1) is 9.50 Å². The number of nitrogens with two attached hydrogens (primary N) is 1. The van der Waals surface area contributed by atoms with Crippen molar-refractivity contribution in [2.45, 2.75) is 0 Å². The maximum atomic E-state index is 13.3. The van der Waals surface area contributed by atoms with Gasteiger partial charge in [0.25, 0.3) is 0 Å². The van der Waals surface area contributed by atoms with Crippen molar-refractivity contribution in [1.29, 1.82) is 0 Å². The number of nitrogens with zero attached hydrogens (tertiary/aromatic N) is 2. The van der Waals surface area contributed by atoms with E-state index in [2.05, 4.69) is 31.3 Å². The van der Waals surface area contributed by atoms with Gasteiger partial charge in [0, 0.05) is 12.1 Å². The van der Waals surface area contributed by atoms with Crippen LogP contribution in [0.3, 0.4) is 0 Å². The van der Waals surface area contributed by atoms with Crippen molar-refractivity contribution in [3.63, 3.8) is 0 Å². The molecule has 94 valence electrons. The van der Waals surface area contributed by atoms with Crippen molar-refractivity contribution in [3.8, 4) is 11.6 Å². The zero-order chi connectivity index (χ0) is 13.1. The fourth-order valence-corrected chi connectivity index (χ4v) is 1.89. The lowest BCUT2D eigenvalue weighted by atomic mass is 10.3. The number of hydrogen-bond donors (Lipinski definition) is 2. The molecule has 0 unspecified atom stereocenters. The van der Waals surface area contributed by atoms with E-state index < -0.39 is 5.82 Å². The van der Waals surface area contributed by atoms with Crippen molar-refractivity contribution in [2.24, 2.45) is 5.84 Å². The molecule has 0 saturated heterocycles. The van der Waals surface area contributed by atoms with Crippen LogP contribution in [-0.4, -0.2) is 9.97 Å². The topological polar surface area (TPSA) is 73.1 Å². The maximum Gasteiger partial charge on any atom is 0.224 e. The third kappa shape index (κ3) is 2.87. The van der Waals surface area contributed by atoms with Gasteiger partial charge in [-0.3, -0.25) is 0 Å². The van der Waals surface area contributed by atoms with Gasteiger partial charge in [0.1, 0.15) is 23.7 Å². The molecular formula is C10H7BrClFN4O. The Balaban J connectivity index is 2.30. The Morgan fingerprint density at radius 2 is 2.11 bits per heavy atom. The fourth-order valence-electron chi connectivity index (χ4n) is 1.17. The Morgan fingerprint density at radius 1 is 1.33 bits per heavy atom. The molecule has 0 atom stereocenters. The Labute approximate surface area is 115 Å². The van der Waals surface area contributed by atoms with Gasteiger partial charge in [-0.05, 0) is 22.0 Å². The molecule has 1 aromatic carbocycles. The summed E-state index contributed by atoms with van der Waals surface area (Å²) in [5.74, 6) is 5.47. The number of aromatic nitrogens is 2. The lowest BCUT2D eigenvalue weighted by Gasteiger charge is -2.08. The highest BCUT2D eigenvalue weighted by Gasteiger charge is 2.10. The number of anilines is 1. The van der Waals surface area contributed by atoms with E-state index in [0.717, 1.165) is 6.07 Å².